The van der Waals surface area contributed by atoms with Gasteiger partial charge in [0.1, 0.15) is 12.2 Å². The predicted octanol–water partition coefficient (Wildman–Crippen LogP) is 1.67. The lowest BCUT2D eigenvalue weighted by molar-refractivity contribution is -0.237. The first-order valence-corrected chi connectivity index (χ1v) is 7.15. The Morgan fingerprint density at radius 1 is 1.19 bits per heavy atom. The average molecular weight is 294 g/mol. The summed E-state index contributed by atoms with van der Waals surface area (Å²) in [5.74, 6) is -0.439. The lowest BCUT2D eigenvalue weighted by Crippen LogP contribution is -2.57. The molecule has 2 rings (SSSR count). The van der Waals surface area contributed by atoms with Crippen molar-refractivity contribution in [3.63, 3.8) is 0 Å². The van der Waals surface area contributed by atoms with Crippen molar-refractivity contribution >= 4 is 5.97 Å². The van der Waals surface area contributed by atoms with Gasteiger partial charge >= 0.3 is 5.97 Å². The standard InChI is InChI=1S/C16H22O5/c1-10-15(19-9-13-7-5-4-6-8-13)14(18)16(11(2)20-10)21-12(3)17/h4-8,10-11,14-16,18H,9H2,1-3H3/t10?,11-,14-,15-,16?/m0/s1. The Kier molecular flexibility index (Phi) is 5.33. The molecular formula is C16H22O5. The Morgan fingerprint density at radius 3 is 2.43 bits per heavy atom. The van der Waals surface area contributed by atoms with E-state index in [1.54, 1.807) is 6.92 Å². The van der Waals surface area contributed by atoms with Crippen LogP contribution in [0.15, 0.2) is 30.3 Å². The molecule has 116 valence electrons. The lowest BCUT2D eigenvalue weighted by atomic mass is 9.96. The maximum Gasteiger partial charge on any atom is 0.303 e. The number of hydrogen-bond donors (Lipinski definition) is 1. The van der Waals surface area contributed by atoms with Crippen LogP contribution in [-0.2, 0) is 25.6 Å². The molecular weight excluding hydrogens is 272 g/mol. The molecule has 1 heterocycles. The molecule has 0 saturated carbocycles. The van der Waals surface area contributed by atoms with E-state index in [-0.39, 0.29) is 12.2 Å². The van der Waals surface area contributed by atoms with Gasteiger partial charge in [0.15, 0.2) is 6.10 Å². The van der Waals surface area contributed by atoms with E-state index in [4.69, 9.17) is 14.2 Å². The third-order valence-electron chi connectivity index (χ3n) is 3.62. The highest BCUT2D eigenvalue weighted by Crippen LogP contribution is 2.26. The van der Waals surface area contributed by atoms with Gasteiger partial charge in [-0.05, 0) is 19.4 Å². The molecule has 1 N–H and O–H groups in total. The summed E-state index contributed by atoms with van der Waals surface area (Å²) >= 11 is 0. The fourth-order valence-corrected chi connectivity index (χ4v) is 2.59. The highest BCUT2D eigenvalue weighted by molar-refractivity contribution is 5.66. The zero-order valence-corrected chi connectivity index (χ0v) is 12.6. The van der Waals surface area contributed by atoms with Crippen LogP contribution in [0.1, 0.15) is 26.3 Å². The quantitative estimate of drug-likeness (QED) is 0.856. The van der Waals surface area contributed by atoms with Crippen molar-refractivity contribution in [2.45, 2.75) is 57.9 Å². The van der Waals surface area contributed by atoms with Gasteiger partial charge in [0, 0.05) is 6.92 Å². The summed E-state index contributed by atoms with van der Waals surface area (Å²) in [6.07, 6.45) is -2.79. The lowest BCUT2D eigenvalue weighted by Gasteiger charge is -2.41. The van der Waals surface area contributed by atoms with Crippen LogP contribution in [-0.4, -0.2) is 41.6 Å². The number of esters is 1. The second-order valence-electron chi connectivity index (χ2n) is 5.37. The molecule has 0 radical (unpaired) electrons. The minimum Gasteiger partial charge on any atom is -0.457 e. The minimum atomic E-state index is -0.906. The molecule has 5 atom stereocenters. The highest BCUT2D eigenvalue weighted by Gasteiger charge is 2.44. The van der Waals surface area contributed by atoms with Crippen molar-refractivity contribution in [1.82, 2.24) is 0 Å². The summed E-state index contributed by atoms with van der Waals surface area (Å²) in [5.41, 5.74) is 1.01. The van der Waals surface area contributed by atoms with Crippen LogP contribution < -0.4 is 0 Å². The minimum absolute atomic E-state index is 0.273. The van der Waals surface area contributed by atoms with Gasteiger partial charge in [-0.15, -0.1) is 0 Å². The maximum absolute atomic E-state index is 11.1. The van der Waals surface area contributed by atoms with Gasteiger partial charge in [0.2, 0.25) is 0 Å². The van der Waals surface area contributed by atoms with E-state index >= 15 is 0 Å². The molecule has 2 unspecified atom stereocenters. The van der Waals surface area contributed by atoms with E-state index in [9.17, 15) is 9.90 Å². The van der Waals surface area contributed by atoms with Gasteiger partial charge in [-0.2, -0.15) is 0 Å². The van der Waals surface area contributed by atoms with Gasteiger partial charge in [0.25, 0.3) is 0 Å². The smallest absolute Gasteiger partial charge is 0.303 e. The fourth-order valence-electron chi connectivity index (χ4n) is 2.59. The zero-order valence-electron chi connectivity index (χ0n) is 12.6. The van der Waals surface area contributed by atoms with Crippen LogP contribution in [0.5, 0.6) is 0 Å². The van der Waals surface area contributed by atoms with Gasteiger partial charge in [-0.1, -0.05) is 30.3 Å². The van der Waals surface area contributed by atoms with Crippen molar-refractivity contribution in [3.8, 4) is 0 Å². The van der Waals surface area contributed by atoms with E-state index in [0.29, 0.717) is 6.61 Å². The predicted molar refractivity (Wildman–Crippen MR) is 76.6 cm³/mol. The number of carbonyl (C=O) groups is 1. The van der Waals surface area contributed by atoms with E-state index in [2.05, 4.69) is 0 Å². The second-order valence-corrected chi connectivity index (χ2v) is 5.37. The van der Waals surface area contributed by atoms with Crippen molar-refractivity contribution < 1.29 is 24.1 Å². The number of benzene rings is 1. The number of rotatable bonds is 4. The van der Waals surface area contributed by atoms with E-state index in [0.717, 1.165) is 5.56 Å². The molecule has 1 fully saturated rings. The number of carbonyl (C=O) groups excluding carboxylic acids is 1. The number of aliphatic hydroxyl groups is 1. The van der Waals surface area contributed by atoms with Crippen molar-refractivity contribution in [2.75, 3.05) is 0 Å². The van der Waals surface area contributed by atoms with E-state index in [1.165, 1.54) is 6.92 Å². The molecule has 5 heteroatoms. The molecule has 0 bridgehead atoms. The molecule has 0 amide bonds. The molecule has 1 aliphatic rings. The molecule has 1 aromatic carbocycles. The number of ether oxygens (including phenoxy) is 3. The molecule has 1 saturated heterocycles. The molecule has 0 aliphatic carbocycles. The first kappa shape index (κ1) is 15.9. The summed E-state index contributed by atoms with van der Waals surface area (Å²) in [5, 5.41) is 10.4. The molecule has 1 aliphatic heterocycles. The molecule has 1 aromatic rings. The summed E-state index contributed by atoms with van der Waals surface area (Å²) < 4.78 is 16.6. The van der Waals surface area contributed by atoms with Crippen molar-refractivity contribution in [2.24, 2.45) is 0 Å². The average Bonchev–Trinajstić information content (AvgIpc) is 2.44. The summed E-state index contributed by atoms with van der Waals surface area (Å²) in [6, 6.07) is 9.70. The van der Waals surface area contributed by atoms with Crippen molar-refractivity contribution in [1.29, 1.82) is 0 Å². The van der Waals surface area contributed by atoms with Crippen molar-refractivity contribution in [3.05, 3.63) is 35.9 Å². The first-order valence-electron chi connectivity index (χ1n) is 7.15. The fraction of sp³-hybridized carbons (Fsp3) is 0.562. The van der Waals surface area contributed by atoms with Crippen LogP contribution in [0, 0.1) is 0 Å². The molecule has 0 spiro atoms. The Morgan fingerprint density at radius 2 is 1.81 bits per heavy atom. The molecule has 21 heavy (non-hydrogen) atoms. The third-order valence-corrected chi connectivity index (χ3v) is 3.62. The Bertz CT molecular complexity index is 461. The monoisotopic (exact) mass is 294 g/mol. The van der Waals surface area contributed by atoms with Crippen LogP contribution >= 0.6 is 0 Å². The van der Waals surface area contributed by atoms with Gasteiger partial charge in [0.05, 0.1) is 18.8 Å². The summed E-state index contributed by atoms with van der Waals surface area (Å²) in [6.45, 7) is 5.31. The number of aliphatic hydroxyl groups excluding tert-OH is 1. The Balaban J connectivity index is 2.01. The highest BCUT2D eigenvalue weighted by atomic mass is 16.6. The first-order chi connectivity index (χ1) is 9.99. The zero-order chi connectivity index (χ0) is 15.4. The largest absolute Gasteiger partial charge is 0.457 e. The van der Waals surface area contributed by atoms with Gasteiger partial charge in [-0.25, -0.2) is 0 Å². The SMILES string of the molecule is CC(=O)OC1[C@H](C)OC(C)[C@H](OCc2ccccc2)[C@@H]1O. The number of hydrogen-bond acceptors (Lipinski definition) is 5. The van der Waals surface area contributed by atoms with Crippen LogP contribution in [0.4, 0.5) is 0 Å². The Hall–Kier alpha value is -1.43. The topological polar surface area (TPSA) is 65.0 Å². The van der Waals surface area contributed by atoms with E-state index < -0.39 is 24.3 Å². The van der Waals surface area contributed by atoms with Crippen LogP contribution in [0.25, 0.3) is 0 Å². The third kappa shape index (κ3) is 4.03. The Labute approximate surface area is 124 Å². The second kappa shape index (κ2) is 7.02. The molecule has 0 aromatic heterocycles. The van der Waals surface area contributed by atoms with Crippen LogP contribution in [0.3, 0.4) is 0 Å². The van der Waals surface area contributed by atoms with Crippen LogP contribution in [0.2, 0.25) is 0 Å². The normalized spacial score (nSPS) is 32.7. The summed E-state index contributed by atoms with van der Waals surface area (Å²) in [4.78, 5) is 11.1. The van der Waals surface area contributed by atoms with Gasteiger partial charge in [-0.3, -0.25) is 4.79 Å². The molecule has 5 nitrogen and oxygen atoms in total. The maximum atomic E-state index is 11.1. The van der Waals surface area contributed by atoms with Gasteiger partial charge < -0.3 is 19.3 Å². The van der Waals surface area contributed by atoms with E-state index in [1.807, 2.05) is 37.3 Å². The summed E-state index contributed by atoms with van der Waals surface area (Å²) in [7, 11) is 0.